The minimum atomic E-state index is -3.58. The number of piperidine rings is 1. The first-order valence-electron chi connectivity index (χ1n) is 10.3. The molecule has 166 valence electrons. The molecule has 0 aliphatic carbocycles. The van der Waals surface area contributed by atoms with Crippen LogP contribution in [0.25, 0.3) is 0 Å². The van der Waals surface area contributed by atoms with Crippen molar-refractivity contribution >= 4 is 21.8 Å². The van der Waals surface area contributed by atoms with Gasteiger partial charge in [-0.15, -0.1) is 0 Å². The number of esters is 1. The van der Waals surface area contributed by atoms with Crippen LogP contribution in [0.5, 0.6) is 5.75 Å². The Hall–Kier alpha value is -2.71. The zero-order valence-electron chi connectivity index (χ0n) is 17.7. The van der Waals surface area contributed by atoms with Gasteiger partial charge in [0, 0.05) is 18.7 Å². The highest BCUT2D eigenvalue weighted by Gasteiger charge is 2.28. The van der Waals surface area contributed by atoms with Gasteiger partial charge < -0.3 is 9.47 Å². The van der Waals surface area contributed by atoms with Crippen LogP contribution in [0.3, 0.4) is 0 Å². The lowest BCUT2D eigenvalue weighted by Gasteiger charge is -2.29. The fourth-order valence-corrected chi connectivity index (χ4v) is 4.81. The monoisotopic (exact) mass is 445 g/mol. The largest absolute Gasteiger partial charge is 0.494 e. The molecule has 3 rings (SSSR count). The third-order valence-corrected chi connectivity index (χ3v) is 7.20. The Bertz CT molecular complexity index is 1010. The molecule has 2 aromatic rings. The number of nitrogens with zero attached hydrogens (tertiary/aromatic N) is 1. The number of hydrogen-bond donors (Lipinski definition) is 0. The molecule has 2 aromatic carbocycles. The van der Waals surface area contributed by atoms with Crippen LogP contribution >= 0.6 is 0 Å². The summed E-state index contributed by atoms with van der Waals surface area (Å²) in [6.45, 7) is 5.11. The van der Waals surface area contributed by atoms with Gasteiger partial charge >= 0.3 is 5.97 Å². The first kappa shape index (κ1) is 23.0. The van der Waals surface area contributed by atoms with Crippen molar-refractivity contribution < 1.29 is 27.5 Å². The number of hydrogen-bond acceptors (Lipinski definition) is 6. The highest BCUT2D eigenvalue weighted by molar-refractivity contribution is 7.89. The summed E-state index contributed by atoms with van der Waals surface area (Å²) in [5.41, 5.74) is 0.597. The predicted molar refractivity (Wildman–Crippen MR) is 116 cm³/mol. The third kappa shape index (κ3) is 5.71. The normalized spacial score (nSPS) is 15.4. The molecule has 0 unspecified atom stereocenters. The van der Waals surface area contributed by atoms with Crippen molar-refractivity contribution in [3.05, 3.63) is 59.7 Å². The summed E-state index contributed by atoms with van der Waals surface area (Å²) in [7, 11) is -3.58. The molecule has 7 nitrogen and oxygen atoms in total. The van der Waals surface area contributed by atoms with Crippen molar-refractivity contribution in [1.29, 1.82) is 0 Å². The van der Waals surface area contributed by atoms with E-state index in [4.69, 9.17) is 9.47 Å². The standard InChI is InChI=1S/C23H27NO6S/c1-3-29-20-8-4-18(5-9-20)22(25)16-30-23(26)19-6-10-21(11-7-19)31(27,28)24-14-12-17(2)13-15-24/h4-11,17H,3,12-16H2,1-2H3. The number of ether oxygens (including phenoxy) is 2. The minimum absolute atomic E-state index is 0.143. The maximum Gasteiger partial charge on any atom is 0.338 e. The van der Waals surface area contributed by atoms with E-state index in [-0.39, 0.29) is 16.2 Å². The summed E-state index contributed by atoms with van der Waals surface area (Å²) in [6.07, 6.45) is 1.68. The van der Waals surface area contributed by atoms with Gasteiger partial charge in [-0.2, -0.15) is 4.31 Å². The summed E-state index contributed by atoms with van der Waals surface area (Å²) >= 11 is 0. The van der Waals surface area contributed by atoms with E-state index in [0.29, 0.717) is 36.9 Å². The van der Waals surface area contributed by atoms with Crippen LogP contribution in [0.15, 0.2) is 53.4 Å². The number of ketones is 1. The molecule has 0 amide bonds. The Morgan fingerprint density at radius 3 is 2.13 bits per heavy atom. The number of Topliss-reactive ketones (excluding diaryl/α,β-unsaturated/α-hetero) is 1. The van der Waals surface area contributed by atoms with E-state index in [0.717, 1.165) is 12.8 Å². The number of benzene rings is 2. The van der Waals surface area contributed by atoms with E-state index in [1.807, 2.05) is 6.92 Å². The second kappa shape index (κ2) is 10.1. The molecule has 0 N–H and O–H groups in total. The lowest BCUT2D eigenvalue weighted by atomic mass is 10.0. The Labute approximate surface area is 183 Å². The zero-order valence-corrected chi connectivity index (χ0v) is 18.6. The molecule has 1 fully saturated rings. The quantitative estimate of drug-likeness (QED) is 0.456. The molecule has 0 bridgehead atoms. The molecule has 0 radical (unpaired) electrons. The minimum Gasteiger partial charge on any atom is -0.494 e. The van der Waals surface area contributed by atoms with Crippen LogP contribution < -0.4 is 4.74 Å². The molecular weight excluding hydrogens is 418 g/mol. The Morgan fingerprint density at radius 1 is 0.968 bits per heavy atom. The Kier molecular flexibility index (Phi) is 7.46. The molecule has 1 saturated heterocycles. The molecule has 8 heteroatoms. The van der Waals surface area contributed by atoms with Gasteiger partial charge in [0.15, 0.2) is 12.4 Å². The molecule has 1 aliphatic heterocycles. The topological polar surface area (TPSA) is 90.0 Å². The summed E-state index contributed by atoms with van der Waals surface area (Å²) < 4.78 is 37.4. The van der Waals surface area contributed by atoms with Gasteiger partial charge in [-0.1, -0.05) is 6.92 Å². The predicted octanol–water partition coefficient (Wildman–Crippen LogP) is 3.55. The van der Waals surface area contributed by atoms with Gasteiger partial charge in [0.2, 0.25) is 10.0 Å². The second-order valence-corrected chi connectivity index (χ2v) is 9.51. The van der Waals surface area contributed by atoms with Crippen molar-refractivity contribution in [2.45, 2.75) is 31.6 Å². The van der Waals surface area contributed by atoms with Crippen molar-refractivity contribution in [2.24, 2.45) is 5.92 Å². The zero-order chi connectivity index (χ0) is 22.4. The average molecular weight is 446 g/mol. The highest BCUT2D eigenvalue weighted by atomic mass is 32.2. The molecule has 0 aromatic heterocycles. The van der Waals surface area contributed by atoms with Crippen molar-refractivity contribution in [3.63, 3.8) is 0 Å². The number of carbonyl (C=O) groups is 2. The molecular formula is C23H27NO6S. The van der Waals surface area contributed by atoms with E-state index >= 15 is 0 Å². The van der Waals surface area contributed by atoms with Crippen LogP contribution in [0.4, 0.5) is 0 Å². The van der Waals surface area contributed by atoms with Crippen molar-refractivity contribution in [2.75, 3.05) is 26.3 Å². The lowest BCUT2D eigenvalue weighted by molar-refractivity contribution is 0.0474. The fourth-order valence-electron chi connectivity index (χ4n) is 3.34. The summed E-state index contributed by atoms with van der Waals surface area (Å²) in [5.74, 6) is 0.157. The summed E-state index contributed by atoms with van der Waals surface area (Å²) in [4.78, 5) is 24.6. The second-order valence-electron chi connectivity index (χ2n) is 7.57. The van der Waals surface area contributed by atoms with Crippen LogP contribution in [0.1, 0.15) is 47.4 Å². The van der Waals surface area contributed by atoms with E-state index in [1.54, 1.807) is 24.3 Å². The Morgan fingerprint density at radius 2 is 1.55 bits per heavy atom. The first-order valence-corrected chi connectivity index (χ1v) is 11.8. The number of carbonyl (C=O) groups excluding carboxylic acids is 2. The Balaban J connectivity index is 1.58. The molecule has 0 atom stereocenters. The van der Waals surface area contributed by atoms with Crippen LogP contribution in [0.2, 0.25) is 0 Å². The third-order valence-electron chi connectivity index (χ3n) is 5.29. The SMILES string of the molecule is CCOc1ccc(C(=O)COC(=O)c2ccc(S(=O)(=O)N3CCC(C)CC3)cc2)cc1. The van der Waals surface area contributed by atoms with Gasteiger partial charge in [0.1, 0.15) is 5.75 Å². The van der Waals surface area contributed by atoms with Gasteiger partial charge in [-0.25, -0.2) is 13.2 Å². The van der Waals surface area contributed by atoms with Gasteiger partial charge in [0.05, 0.1) is 17.1 Å². The van der Waals surface area contributed by atoms with E-state index in [2.05, 4.69) is 6.92 Å². The molecule has 1 aliphatic rings. The first-order chi connectivity index (χ1) is 14.8. The molecule has 1 heterocycles. The van der Waals surface area contributed by atoms with Gasteiger partial charge in [-0.3, -0.25) is 4.79 Å². The fraction of sp³-hybridized carbons (Fsp3) is 0.391. The maximum atomic E-state index is 12.8. The molecule has 0 saturated carbocycles. The highest BCUT2D eigenvalue weighted by Crippen LogP contribution is 2.23. The van der Waals surface area contributed by atoms with Gasteiger partial charge in [0.25, 0.3) is 0 Å². The summed E-state index contributed by atoms with van der Waals surface area (Å²) in [6, 6.07) is 12.2. The lowest BCUT2D eigenvalue weighted by Crippen LogP contribution is -2.37. The molecule has 0 spiro atoms. The van der Waals surface area contributed by atoms with Crippen molar-refractivity contribution in [1.82, 2.24) is 4.31 Å². The van der Waals surface area contributed by atoms with Crippen LogP contribution in [-0.2, 0) is 14.8 Å². The maximum absolute atomic E-state index is 12.8. The number of rotatable bonds is 8. The van der Waals surface area contributed by atoms with Crippen LogP contribution in [-0.4, -0.2) is 50.8 Å². The molecule has 31 heavy (non-hydrogen) atoms. The van der Waals surface area contributed by atoms with E-state index < -0.39 is 22.6 Å². The van der Waals surface area contributed by atoms with Crippen molar-refractivity contribution in [3.8, 4) is 5.75 Å². The summed E-state index contributed by atoms with van der Waals surface area (Å²) in [5, 5.41) is 0. The van der Waals surface area contributed by atoms with Crippen LogP contribution in [0, 0.1) is 5.92 Å². The van der Waals surface area contributed by atoms with E-state index in [1.165, 1.54) is 28.6 Å². The average Bonchev–Trinajstić information content (AvgIpc) is 2.78. The van der Waals surface area contributed by atoms with E-state index in [9.17, 15) is 18.0 Å². The number of sulfonamides is 1. The smallest absolute Gasteiger partial charge is 0.338 e. The van der Waals surface area contributed by atoms with Gasteiger partial charge in [-0.05, 0) is 74.2 Å².